The summed E-state index contributed by atoms with van der Waals surface area (Å²) in [6, 6.07) is 0. The van der Waals surface area contributed by atoms with Gasteiger partial charge in [-0.15, -0.1) is 0 Å². The highest BCUT2D eigenvalue weighted by molar-refractivity contribution is 6.14. The van der Waals surface area contributed by atoms with E-state index >= 15 is 0 Å². The first kappa shape index (κ1) is 13.2. The van der Waals surface area contributed by atoms with Crippen molar-refractivity contribution in [1.29, 1.82) is 0 Å². The molecular weight excluding hydrogens is 214 g/mol. The molecule has 0 aromatic heterocycles. The van der Waals surface area contributed by atoms with Crippen molar-refractivity contribution in [2.75, 3.05) is 0 Å². The summed E-state index contributed by atoms with van der Waals surface area (Å²) in [7, 11) is 0. The van der Waals surface area contributed by atoms with Crippen LogP contribution in [0.5, 0.6) is 0 Å². The summed E-state index contributed by atoms with van der Waals surface area (Å²) in [6.07, 6.45) is 9.58. The van der Waals surface area contributed by atoms with Gasteiger partial charge in [0.25, 0.3) is 0 Å². The van der Waals surface area contributed by atoms with Crippen LogP contribution in [-0.2, 0) is 4.79 Å². The molecule has 0 fully saturated rings. The Morgan fingerprint density at radius 2 is 2.12 bits per heavy atom. The van der Waals surface area contributed by atoms with Gasteiger partial charge in [0.05, 0.1) is 11.3 Å². The molecular formula is C14H17NO2. The molecule has 90 valence electrons. The number of nitrogens with zero attached hydrogens (tertiary/aromatic N) is 1. The summed E-state index contributed by atoms with van der Waals surface area (Å²) in [5.41, 5.74) is 3.07. The number of aliphatic carboxylic acids is 1. The second-order valence-electron chi connectivity index (χ2n) is 4.03. The minimum Gasteiger partial charge on any atom is -0.478 e. The Morgan fingerprint density at radius 3 is 2.65 bits per heavy atom. The van der Waals surface area contributed by atoms with Crippen LogP contribution in [0.3, 0.4) is 0 Å². The van der Waals surface area contributed by atoms with Crippen LogP contribution in [0.2, 0.25) is 0 Å². The van der Waals surface area contributed by atoms with E-state index < -0.39 is 5.97 Å². The lowest BCUT2D eigenvalue weighted by Crippen LogP contribution is -2.07. The van der Waals surface area contributed by atoms with Crippen LogP contribution in [-0.4, -0.2) is 16.8 Å². The van der Waals surface area contributed by atoms with Gasteiger partial charge in [-0.3, -0.25) is 4.99 Å². The first-order chi connectivity index (χ1) is 8.04. The highest BCUT2D eigenvalue weighted by atomic mass is 16.4. The van der Waals surface area contributed by atoms with Crippen molar-refractivity contribution >= 4 is 11.7 Å². The highest BCUT2D eigenvalue weighted by Gasteiger charge is 2.12. The number of hydrogen-bond donors (Lipinski definition) is 1. The van der Waals surface area contributed by atoms with Crippen molar-refractivity contribution in [2.24, 2.45) is 4.99 Å². The monoisotopic (exact) mass is 231 g/mol. The molecule has 0 saturated carbocycles. The number of carbonyl (C=O) groups is 1. The Kier molecular flexibility index (Phi) is 4.64. The quantitative estimate of drug-likeness (QED) is 0.810. The van der Waals surface area contributed by atoms with E-state index in [1.807, 2.05) is 26.8 Å². The Labute approximate surface area is 102 Å². The number of carboxylic acids is 1. The summed E-state index contributed by atoms with van der Waals surface area (Å²) < 4.78 is 0. The predicted octanol–water partition coefficient (Wildman–Crippen LogP) is 3.27. The third kappa shape index (κ3) is 3.87. The fraction of sp³-hybridized carbons (Fsp3) is 0.286. The third-order valence-corrected chi connectivity index (χ3v) is 2.16. The number of allylic oxidation sites excluding steroid dienone is 5. The van der Waals surface area contributed by atoms with Crippen LogP contribution in [0, 0.1) is 0 Å². The van der Waals surface area contributed by atoms with Gasteiger partial charge >= 0.3 is 5.97 Å². The Hall–Kier alpha value is -1.90. The van der Waals surface area contributed by atoms with E-state index in [0.29, 0.717) is 5.57 Å². The van der Waals surface area contributed by atoms with Gasteiger partial charge in [-0.2, -0.15) is 0 Å². The van der Waals surface area contributed by atoms with E-state index in [2.05, 4.69) is 4.99 Å². The molecule has 0 aromatic carbocycles. The van der Waals surface area contributed by atoms with Gasteiger partial charge in [0, 0.05) is 6.20 Å². The van der Waals surface area contributed by atoms with Crippen LogP contribution in [0.1, 0.15) is 27.2 Å². The molecule has 0 heterocycles. The number of rotatable bonds is 3. The maximum absolute atomic E-state index is 10.9. The second kappa shape index (κ2) is 5.99. The van der Waals surface area contributed by atoms with Crippen molar-refractivity contribution in [3.63, 3.8) is 0 Å². The second-order valence-corrected chi connectivity index (χ2v) is 4.03. The van der Waals surface area contributed by atoms with E-state index in [1.165, 1.54) is 0 Å². The summed E-state index contributed by atoms with van der Waals surface area (Å²) >= 11 is 0. The Morgan fingerprint density at radius 1 is 1.41 bits per heavy atom. The minimum atomic E-state index is -0.912. The molecule has 0 saturated heterocycles. The number of hydrogen-bond acceptors (Lipinski definition) is 2. The molecule has 1 aliphatic rings. The van der Waals surface area contributed by atoms with E-state index in [-0.39, 0.29) is 0 Å². The molecule has 3 nitrogen and oxygen atoms in total. The average molecular weight is 231 g/mol. The molecule has 1 rings (SSSR count). The lowest BCUT2D eigenvalue weighted by atomic mass is 9.99. The highest BCUT2D eigenvalue weighted by Crippen LogP contribution is 2.15. The lowest BCUT2D eigenvalue weighted by Gasteiger charge is -2.08. The van der Waals surface area contributed by atoms with Gasteiger partial charge < -0.3 is 5.11 Å². The van der Waals surface area contributed by atoms with E-state index in [0.717, 1.165) is 23.3 Å². The zero-order chi connectivity index (χ0) is 12.8. The molecule has 0 unspecified atom stereocenters. The minimum absolute atomic E-state index is 0.292. The maximum Gasteiger partial charge on any atom is 0.335 e. The van der Waals surface area contributed by atoms with Gasteiger partial charge in [-0.25, -0.2) is 4.79 Å². The lowest BCUT2D eigenvalue weighted by molar-refractivity contribution is -0.132. The predicted molar refractivity (Wildman–Crippen MR) is 70.1 cm³/mol. The number of aliphatic imine (C=N–C) groups is 1. The summed E-state index contributed by atoms with van der Waals surface area (Å²) in [5.74, 6) is -0.912. The van der Waals surface area contributed by atoms with Crippen LogP contribution in [0.25, 0.3) is 0 Å². The first-order valence-corrected chi connectivity index (χ1v) is 5.59. The normalized spacial score (nSPS) is 19.4. The zero-order valence-corrected chi connectivity index (χ0v) is 10.4. The van der Waals surface area contributed by atoms with Crippen molar-refractivity contribution < 1.29 is 9.90 Å². The average Bonchev–Trinajstić information content (AvgIpc) is 2.27. The summed E-state index contributed by atoms with van der Waals surface area (Å²) in [4.78, 5) is 15.2. The van der Waals surface area contributed by atoms with Gasteiger partial charge in [0.2, 0.25) is 0 Å². The fourth-order valence-electron chi connectivity index (χ4n) is 1.39. The molecule has 1 N–H and O–H groups in total. The van der Waals surface area contributed by atoms with Crippen LogP contribution in [0.4, 0.5) is 0 Å². The van der Waals surface area contributed by atoms with E-state index in [4.69, 9.17) is 5.11 Å². The molecule has 0 aliphatic heterocycles. The molecule has 0 amide bonds. The third-order valence-electron chi connectivity index (χ3n) is 2.16. The maximum atomic E-state index is 10.9. The van der Waals surface area contributed by atoms with Crippen LogP contribution < -0.4 is 0 Å². The topological polar surface area (TPSA) is 49.7 Å². The van der Waals surface area contributed by atoms with Crippen molar-refractivity contribution in [3.8, 4) is 0 Å². The van der Waals surface area contributed by atoms with Crippen molar-refractivity contribution in [2.45, 2.75) is 27.2 Å². The van der Waals surface area contributed by atoms with Gasteiger partial charge in [-0.1, -0.05) is 18.6 Å². The molecule has 0 radical (unpaired) electrons. The zero-order valence-electron chi connectivity index (χ0n) is 10.4. The van der Waals surface area contributed by atoms with Crippen LogP contribution >= 0.6 is 0 Å². The largest absolute Gasteiger partial charge is 0.478 e. The standard InChI is InChI=1S/C14H17NO2/c1-4-5-11-8-12(14(16)17)6-7-13(11)15-9-10(2)3/h5-9H,4H2,1-3H3,(H,16,17)/b11-5-,15-13?. The molecule has 3 heteroatoms. The molecule has 0 bridgehead atoms. The van der Waals surface area contributed by atoms with E-state index in [1.54, 1.807) is 24.4 Å². The summed E-state index contributed by atoms with van der Waals surface area (Å²) in [5, 5.41) is 8.93. The summed E-state index contributed by atoms with van der Waals surface area (Å²) in [6.45, 7) is 5.95. The van der Waals surface area contributed by atoms with Gasteiger partial charge in [0.1, 0.15) is 0 Å². The Bertz CT molecular complexity index is 459. The molecule has 17 heavy (non-hydrogen) atoms. The van der Waals surface area contributed by atoms with E-state index in [9.17, 15) is 4.79 Å². The first-order valence-electron chi connectivity index (χ1n) is 5.59. The Balaban J connectivity index is 3.10. The smallest absolute Gasteiger partial charge is 0.335 e. The molecule has 1 aliphatic carbocycles. The fourth-order valence-corrected chi connectivity index (χ4v) is 1.39. The molecule has 0 atom stereocenters. The van der Waals surface area contributed by atoms with Gasteiger partial charge in [0.15, 0.2) is 0 Å². The number of carboxylic acid groups (broad SMARTS) is 1. The SMILES string of the molecule is CC/C=C1/C=C(C(=O)O)C=CC1=NC=C(C)C. The van der Waals surface area contributed by atoms with Gasteiger partial charge in [-0.05, 0) is 44.1 Å². The molecule has 0 spiro atoms. The van der Waals surface area contributed by atoms with Crippen molar-refractivity contribution in [1.82, 2.24) is 0 Å². The van der Waals surface area contributed by atoms with Crippen LogP contribution in [0.15, 0.2) is 52.2 Å². The van der Waals surface area contributed by atoms with Crippen molar-refractivity contribution in [3.05, 3.63) is 47.2 Å². The molecule has 0 aromatic rings.